The lowest BCUT2D eigenvalue weighted by Gasteiger charge is -2.35. The van der Waals surface area contributed by atoms with Crippen LogP contribution in [0, 0.1) is 24.0 Å². The van der Waals surface area contributed by atoms with Crippen molar-refractivity contribution in [3.8, 4) is 29.6 Å². The highest BCUT2D eigenvalue weighted by Crippen LogP contribution is 2.45. The minimum Gasteiger partial charge on any atom is -0.461 e. The zero-order chi connectivity index (χ0) is 51.4. The van der Waals surface area contributed by atoms with Gasteiger partial charge in [0, 0.05) is 87.2 Å². The second-order valence-corrected chi connectivity index (χ2v) is 20.4. The zero-order valence-corrected chi connectivity index (χ0v) is 41.1. The van der Waals surface area contributed by atoms with Crippen LogP contribution in [0.3, 0.4) is 0 Å². The Morgan fingerprint density at radius 2 is 1.78 bits per heavy atom. The molecule has 3 N–H and O–H groups in total. The quantitative estimate of drug-likeness (QED) is 0.0456. The Morgan fingerprint density at radius 1 is 0.986 bits per heavy atom. The number of unbranched alkanes of at least 4 members (excludes halogenated alkanes) is 2. The molecule has 74 heavy (non-hydrogen) atoms. The van der Waals surface area contributed by atoms with Gasteiger partial charge in [0.05, 0.1) is 27.6 Å². The first-order valence-corrected chi connectivity index (χ1v) is 25.4. The second kappa shape index (κ2) is 19.7. The molecular weight excluding hydrogens is 951 g/mol. The van der Waals surface area contributed by atoms with Crippen LogP contribution in [0.15, 0.2) is 66.9 Å². The van der Waals surface area contributed by atoms with Crippen molar-refractivity contribution in [2.24, 2.45) is 0 Å². The molecule has 5 atom stereocenters. The van der Waals surface area contributed by atoms with Gasteiger partial charge in [-0.05, 0) is 81.4 Å². The van der Waals surface area contributed by atoms with Crippen LogP contribution in [-0.2, 0) is 14.3 Å². The van der Waals surface area contributed by atoms with Gasteiger partial charge >= 0.3 is 12.1 Å². The van der Waals surface area contributed by atoms with Crippen LogP contribution in [0.25, 0.3) is 32.9 Å². The topological polar surface area (TPSA) is 192 Å². The van der Waals surface area contributed by atoms with Gasteiger partial charge in [0.1, 0.15) is 42.1 Å². The van der Waals surface area contributed by atoms with Gasteiger partial charge in [-0.1, -0.05) is 48.4 Å². The summed E-state index contributed by atoms with van der Waals surface area (Å²) in [6.07, 6.45) is 13.4. The summed E-state index contributed by atoms with van der Waals surface area (Å²) < 4.78 is 44.7. The number of imide groups is 2. The van der Waals surface area contributed by atoms with Crippen molar-refractivity contribution in [2.45, 2.75) is 93.9 Å². The van der Waals surface area contributed by atoms with Crippen molar-refractivity contribution in [1.29, 1.82) is 0 Å². The van der Waals surface area contributed by atoms with E-state index in [2.05, 4.69) is 43.2 Å². The Balaban J connectivity index is 0.717. The number of nitrogens with one attached hydrogen (secondary N) is 3. The van der Waals surface area contributed by atoms with E-state index in [1.54, 1.807) is 60.6 Å². The summed E-state index contributed by atoms with van der Waals surface area (Å²) in [7, 11) is 1.70. The minimum absolute atomic E-state index is 0.0142. The molecule has 0 spiro atoms. The number of halogens is 2. The van der Waals surface area contributed by atoms with Gasteiger partial charge in [-0.2, -0.15) is 9.97 Å². The van der Waals surface area contributed by atoms with E-state index in [-0.39, 0.29) is 78.1 Å². The number of hydrogen-bond donors (Lipinski definition) is 3. The maximum Gasteiger partial charge on any atom is 0.409 e. The standard InChI is InChI=1S/C55H56F2N10O7/c1-4-36-40(56)17-14-32-10-8-11-37(44(32)36)47-46(57)48-39(25-59-47)49(65-27-33-15-16-34(28-65)60-33)63-53(62-48)74-30-55-21-20-35(66(55)26-31(2)24-55)29-73-54(72)64(3)23-7-5-6-22-58-41-13-9-12-38-45(41)52(71)67(51(38)70)42-18-19-43(68)61-50(42)69/h1,8-14,17,25,33-35,42,58,60H,2,5-7,15-16,18-24,26-30H2,3H3,(H,61,68,69)/t33?,34?,35-,42?,55-/m0/s1. The third kappa shape index (κ3) is 8.82. The number of terminal acetylenes is 1. The van der Waals surface area contributed by atoms with Crippen molar-refractivity contribution in [2.75, 3.05) is 63.2 Å². The van der Waals surface area contributed by atoms with E-state index in [0.29, 0.717) is 85.2 Å². The van der Waals surface area contributed by atoms with Crippen LogP contribution in [0.1, 0.15) is 90.5 Å². The number of nitrogens with zero attached hydrogens (tertiary/aromatic N) is 7. The maximum atomic E-state index is 17.2. The lowest BCUT2D eigenvalue weighted by molar-refractivity contribution is -0.136. The SMILES string of the molecule is C#Cc1c(F)ccc2cccc(-c3ncc4c(N5CC6CCC(C5)N6)nc(OC[C@@]56CC[C@@H](COC(=O)N(C)CCCCCNc7cccc8c7C(=O)N(C7CCC(=O)NC7=O)C8=O)N5CC(=C)C6)nc4c3F)c12. The molecule has 17 nitrogen and oxygen atoms in total. The summed E-state index contributed by atoms with van der Waals surface area (Å²) in [5.74, 6) is -0.512. The average Bonchev–Trinajstić information content (AvgIpc) is 4.10. The normalized spacial score (nSPS) is 23.4. The molecule has 11 rings (SSSR count). The summed E-state index contributed by atoms with van der Waals surface area (Å²) in [4.78, 5) is 85.4. The number of benzene rings is 3. The number of carbonyl (C=O) groups excluding carboxylic acids is 5. The van der Waals surface area contributed by atoms with Gasteiger partial charge in [0.15, 0.2) is 5.82 Å². The highest BCUT2D eigenvalue weighted by Gasteiger charge is 2.52. The first-order valence-electron chi connectivity index (χ1n) is 25.4. The van der Waals surface area contributed by atoms with Crippen molar-refractivity contribution < 1.29 is 42.2 Å². The smallest absolute Gasteiger partial charge is 0.409 e. The molecule has 0 saturated carbocycles. The molecule has 3 aromatic carbocycles. The van der Waals surface area contributed by atoms with Crippen LogP contribution >= 0.6 is 0 Å². The molecular formula is C55H56F2N10O7. The Labute approximate surface area is 426 Å². The molecule has 382 valence electrons. The fourth-order valence-electron chi connectivity index (χ4n) is 12.0. The summed E-state index contributed by atoms with van der Waals surface area (Å²) in [6, 6.07) is 12.5. The van der Waals surface area contributed by atoms with Crippen molar-refractivity contribution in [3.05, 3.63) is 95.2 Å². The van der Waals surface area contributed by atoms with Crippen LogP contribution in [0.5, 0.6) is 6.01 Å². The van der Waals surface area contributed by atoms with Crippen molar-refractivity contribution in [3.63, 3.8) is 0 Å². The number of piperidine rings is 1. The second-order valence-electron chi connectivity index (χ2n) is 20.4. The Hall–Kier alpha value is -7.56. The maximum absolute atomic E-state index is 17.2. The number of ether oxygens (including phenoxy) is 2. The molecule has 2 bridgehead atoms. The van der Waals surface area contributed by atoms with Crippen LogP contribution in [-0.4, -0.2) is 142 Å². The fourth-order valence-corrected chi connectivity index (χ4v) is 12.0. The summed E-state index contributed by atoms with van der Waals surface area (Å²) in [5, 5.41) is 10.6. The third-order valence-electron chi connectivity index (χ3n) is 15.7. The monoisotopic (exact) mass is 1010 g/mol. The van der Waals surface area contributed by atoms with E-state index < -0.39 is 52.9 Å². The van der Waals surface area contributed by atoms with Gasteiger partial charge in [0.2, 0.25) is 11.8 Å². The lowest BCUT2D eigenvalue weighted by atomic mass is 9.94. The van der Waals surface area contributed by atoms with Gasteiger partial charge in [-0.15, -0.1) is 6.42 Å². The first kappa shape index (κ1) is 48.7. The molecule has 0 aliphatic carbocycles. The molecule has 6 aliphatic rings. The Kier molecular flexibility index (Phi) is 13.0. The number of carbonyl (C=O) groups is 5. The number of fused-ring (bicyclic) bond motifs is 6. The number of aromatic nitrogens is 3. The minimum atomic E-state index is -1.04. The number of rotatable bonds is 15. The zero-order valence-electron chi connectivity index (χ0n) is 41.1. The van der Waals surface area contributed by atoms with E-state index in [0.717, 1.165) is 42.6 Å². The lowest BCUT2D eigenvalue weighted by Crippen LogP contribution is -2.54. The Morgan fingerprint density at radius 3 is 2.58 bits per heavy atom. The highest BCUT2D eigenvalue weighted by molar-refractivity contribution is 6.25. The third-order valence-corrected chi connectivity index (χ3v) is 15.7. The van der Waals surface area contributed by atoms with E-state index >= 15 is 8.78 Å². The van der Waals surface area contributed by atoms with Gasteiger partial charge in [-0.3, -0.25) is 39.3 Å². The van der Waals surface area contributed by atoms with Crippen molar-refractivity contribution >= 4 is 62.9 Å². The molecule has 5 amide bonds. The molecule has 8 heterocycles. The van der Waals surface area contributed by atoms with Gasteiger partial charge in [0.25, 0.3) is 11.8 Å². The molecule has 5 saturated heterocycles. The van der Waals surface area contributed by atoms with Crippen LogP contribution in [0.2, 0.25) is 0 Å². The van der Waals surface area contributed by atoms with E-state index in [4.69, 9.17) is 25.9 Å². The molecule has 3 unspecified atom stereocenters. The predicted molar refractivity (Wildman–Crippen MR) is 271 cm³/mol. The Bertz CT molecular complexity index is 3210. The fraction of sp³-hybridized carbons (Fsp3) is 0.418. The molecule has 6 aliphatic heterocycles. The number of pyridine rings is 1. The first-order chi connectivity index (χ1) is 35.8. The number of piperazine rings is 1. The molecule has 2 aromatic heterocycles. The summed E-state index contributed by atoms with van der Waals surface area (Å²) >= 11 is 0. The number of anilines is 2. The number of hydrogen-bond acceptors (Lipinski definition) is 14. The average molecular weight is 1010 g/mol. The molecule has 5 fully saturated rings. The molecule has 19 heteroatoms. The summed E-state index contributed by atoms with van der Waals surface area (Å²) in [5.41, 5.74) is 1.86. The van der Waals surface area contributed by atoms with E-state index in [9.17, 15) is 24.0 Å². The molecule has 0 radical (unpaired) electrons. The molecule has 5 aromatic rings. The van der Waals surface area contributed by atoms with E-state index in [1.807, 2.05) is 0 Å². The predicted octanol–water partition coefficient (Wildman–Crippen LogP) is 6.34. The largest absolute Gasteiger partial charge is 0.461 e. The number of amides is 5. The van der Waals surface area contributed by atoms with Crippen LogP contribution < -0.4 is 25.6 Å². The van der Waals surface area contributed by atoms with Crippen LogP contribution in [0.4, 0.5) is 25.1 Å². The van der Waals surface area contributed by atoms with E-state index in [1.165, 1.54) is 6.07 Å². The highest BCUT2D eigenvalue weighted by atomic mass is 19.1. The van der Waals surface area contributed by atoms with Gasteiger partial charge < -0.3 is 29.9 Å². The van der Waals surface area contributed by atoms with Crippen molar-refractivity contribution in [1.82, 2.24) is 40.3 Å². The van der Waals surface area contributed by atoms with Gasteiger partial charge in [-0.25, -0.2) is 13.6 Å². The summed E-state index contributed by atoms with van der Waals surface area (Å²) in [6.45, 7) is 7.61.